The van der Waals surface area contributed by atoms with Crippen LogP contribution in [0.2, 0.25) is 0 Å². The van der Waals surface area contributed by atoms with Crippen LogP contribution in [0.5, 0.6) is 0 Å². The summed E-state index contributed by atoms with van der Waals surface area (Å²) in [6.07, 6.45) is 5.60. The molecule has 0 amide bonds. The molecule has 0 saturated heterocycles. The molecule has 0 unspecified atom stereocenters. The van der Waals surface area contributed by atoms with Crippen LogP contribution in [0.4, 0.5) is 0 Å². The Hall–Kier alpha value is -0.920. The van der Waals surface area contributed by atoms with Crippen molar-refractivity contribution in [1.82, 2.24) is 0 Å². The van der Waals surface area contributed by atoms with Crippen LogP contribution in [0.3, 0.4) is 0 Å². The Kier molecular flexibility index (Phi) is 1.03. The van der Waals surface area contributed by atoms with Crippen LogP contribution in [0, 0.1) is 23.7 Å². The number of Topliss-reactive ketones (excluding diaryl/α,β-unsaturated/α-hetero) is 2. The fourth-order valence-electron chi connectivity index (χ4n) is 3.07. The third kappa shape index (κ3) is 0.542. The molecule has 2 bridgehead atoms. The molecule has 2 heteroatoms. The first-order valence-corrected chi connectivity index (χ1v) is 4.54. The zero-order chi connectivity index (χ0) is 8.29. The highest BCUT2D eigenvalue weighted by atomic mass is 16.1. The normalized spacial score (nSPS) is 49.0. The van der Waals surface area contributed by atoms with Gasteiger partial charge in [0, 0.05) is 24.2 Å². The van der Waals surface area contributed by atoms with Crippen molar-refractivity contribution in [1.29, 1.82) is 0 Å². The molecular formula is C10H10O2. The Morgan fingerprint density at radius 2 is 1.92 bits per heavy atom. The smallest absolute Gasteiger partial charge is 0.147 e. The zero-order valence-electron chi connectivity index (χ0n) is 6.69. The maximum absolute atomic E-state index is 11.5. The lowest BCUT2D eigenvalue weighted by molar-refractivity contribution is -0.126. The van der Waals surface area contributed by atoms with Crippen molar-refractivity contribution in [2.75, 3.05) is 0 Å². The van der Waals surface area contributed by atoms with Gasteiger partial charge in [0.25, 0.3) is 0 Å². The van der Waals surface area contributed by atoms with Crippen molar-refractivity contribution in [2.45, 2.75) is 12.8 Å². The number of allylic oxidation sites excluding steroid dienone is 2. The van der Waals surface area contributed by atoms with Crippen molar-refractivity contribution in [3.05, 3.63) is 12.2 Å². The molecule has 0 heterocycles. The Morgan fingerprint density at radius 3 is 2.67 bits per heavy atom. The average Bonchev–Trinajstić information content (AvgIpc) is 2.66. The first kappa shape index (κ1) is 6.58. The van der Waals surface area contributed by atoms with E-state index in [0.717, 1.165) is 6.42 Å². The highest BCUT2D eigenvalue weighted by Crippen LogP contribution is 2.51. The monoisotopic (exact) mass is 162 g/mol. The number of carbonyl (C=O) groups is 2. The molecule has 2 nitrogen and oxygen atoms in total. The van der Waals surface area contributed by atoms with Crippen molar-refractivity contribution in [2.24, 2.45) is 23.7 Å². The summed E-state index contributed by atoms with van der Waals surface area (Å²) in [5.74, 6) is 1.15. The van der Waals surface area contributed by atoms with E-state index < -0.39 is 0 Å². The number of rotatable bonds is 0. The minimum Gasteiger partial charge on any atom is -0.299 e. The van der Waals surface area contributed by atoms with Gasteiger partial charge in [0.05, 0.1) is 0 Å². The van der Waals surface area contributed by atoms with E-state index in [0.29, 0.717) is 23.9 Å². The Labute approximate surface area is 70.6 Å². The van der Waals surface area contributed by atoms with E-state index in [1.807, 2.05) is 12.2 Å². The molecule has 0 spiro atoms. The Bertz CT molecular complexity index is 303. The summed E-state index contributed by atoms with van der Waals surface area (Å²) < 4.78 is 0. The maximum Gasteiger partial charge on any atom is 0.147 e. The van der Waals surface area contributed by atoms with Crippen LogP contribution < -0.4 is 0 Å². The van der Waals surface area contributed by atoms with Crippen LogP contribution in [0.25, 0.3) is 0 Å². The number of hydrogen-bond donors (Lipinski definition) is 0. The van der Waals surface area contributed by atoms with Gasteiger partial charge in [-0.3, -0.25) is 9.59 Å². The van der Waals surface area contributed by atoms with Crippen molar-refractivity contribution >= 4 is 11.6 Å². The predicted molar refractivity (Wildman–Crippen MR) is 42.3 cm³/mol. The van der Waals surface area contributed by atoms with E-state index in [-0.39, 0.29) is 17.8 Å². The van der Waals surface area contributed by atoms with Crippen LogP contribution >= 0.6 is 0 Å². The molecule has 3 rings (SSSR count). The number of carbonyl (C=O) groups excluding carboxylic acids is 2. The van der Waals surface area contributed by atoms with E-state index in [1.165, 1.54) is 0 Å². The Balaban J connectivity index is 2.09. The minimum absolute atomic E-state index is 0.0324. The van der Waals surface area contributed by atoms with Gasteiger partial charge in [-0.2, -0.15) is 0 Å². The summed E-state index contributed by atoms with van der Waals surface area (Å²) in [5.41, 5.74) is 0. The number of fused-ring (bicyclic) bond motifs is 5. The summed E-state index contributed by atoms with van der Waals surface area (Å²) in [4.78, 5) is 22.9. The third-order valence-electron chi connectivity index (χ3n) is 3.59. The van der Waals surface area contributed by atoms with E-state index in [4.69, 9.17) is 0 Å². The van der Waals surface area contributed by atoms with Crippen LogP contribution in [0.15, 0.2) is 12.2 Å². The third-order valence-corrected chi connectivity index (χ3v) is 3.59. The predicted octanol–water partition coefficient (Wildman–Crippen LogP) is 0.967. The van der Waals surface area contributed by atoms with Crippen molar-refractivity contribution < 1.29 is 9.59 Å². The van der Waals surface area contributed by atoms with E-state index in [2.05, 4.69) is 0 Å². The molecule has 0 N–H and O–H groups in total. The average molecular weight is 162 g/mol. The topological polar surface area (TPSA) is 34.1 Å². The standard InChI is InChI=1S/C10H10O2/c11-8-4-3-5-6-1-2-7(9(5)8)10(6)12/h1-2,5-7,9H,3-4H2/t5-,6+,7-,9-/m1/s1. The molecule has 0 radical (unpaired) electrons. The lowest BCUT2D eigenvalue weighted by atomic mass is 9.86. The van der Waals surface area contributed by atoms with Gasteiger partial charge < -0.3 is 0 Å². The van der Waals surface area contributed by atoms with Crippen LogP contribution in [0.1, 0.15) is 12.8 Å². The first-order valence-electron chi connectivity index (χ1n) is 4.54. The summed E-state index contributed by atoms with van der Waals surface area (Å²) in [6, 6.07) is 0. The molecular weight excluding hydrogens is 152 g/mol. The van der Waals surface area contributed by atoms with Crippen LogP contribution in [-0.2, 0) is 9.59 Å². The minimum atomic E-state index is -0.0324. The first-order chi connectivity index (χ1) is 5.79. The molecule has 0 aromatic rings. The van der Waals surface area contributed by atoms with E-state index >= 15 is 0 Å². The molecule has 3 aliphatic rings. The zero-order valence-corrected chi connectivity index (χ0v) is 6.69. The Morgan fingerprint density at radius 1 is 1.17 bits per heavy atom. The SMILES string of the molecule is O=C1CC[C@H]2[C@@H]1[C@H]1C=C[C@@H]2C1=O. The van der Waals surface area contributed by atoms with E-state index in [9.17, 15) is 9.59 Å². The number of hydrogen-bond acceptors (Lipinski definition) is 2. The largest absolute Gasteiger partial charge is 0.299 e. The highest BCUT2D eigenvalue weighted by molar-refractivity contribution is 6.00. The summed E-state index contributed by atoms with van der Waals surface area (Å²) >= 11 is 0. The van der Waals surface area contributed by atoms with Gasteiger partial charge in [0.1, 0.15) is 11.6 Å². The van der Waals surface area contributed by atoms with Gasteiger partial charge in [-0.15, -0.1) is 0 Å². The van der Waals surface area contributed by atoms with Gasteiger partial charge in [0.15, 0.2) is 0 Å². The fourth-order valence-corrected chi connectivity index (χ4v) is 3.07. The number of ketones is 2. The van der Waals surface area contributed by atoms with Gasteiger partial charge in [0.2, 0.25) is 0 Å². The molecule has 0 aliphatic heterocycles. The lowest BCUT2D eigenvalue weighted by Gasteiger charge is -2.15. The molecule has 4 atom stereocenters. The van der Waals surface area contributed by atoms with Crippen LogP contribution in [-0.4, -0.2) is 11.6 Å². The molecule has 2 fully saturated rings. The van der Waals surface area contributed by atoms with Crippen molar-refractivity contribution in [3.8, 4) is 0 Å². The van der Waals surface area contributed by atoms with Gasteiger partial charge in [-0.25, -0.2) is 0 Å². The van der Waals surface area contributed by atoms with Gasteiger partial charge in [-0.1, -0.05) is 12.2 Å². The molecule has 0 aromatic heterocycles. The summed E-state index contributed by atoms with van der Waals surface area (Å²) in [6.45, 7) is 0. The van der Waals surface area contributed by atoms with E-state index in [1.54, 1.807) is 0 Å². The second kappa shape index (κ2) is 1.87. The second-order valence-corrected chi connectivity index (χ2v) is 4.03. The molecule has 62 valence electrons. The molecule has 12 heavy (non-hydrogen) atoms. The molecule has 0 aromatic carbocycles. The van der Waals surface area contributed by atoms with Gasteiger partial charge >= 0.3 is 0 Å². The van der Waals surface area contributed by atoms with Crippen molar-refractivity contribution in [3.63, 3.8) is 0 Å². The summed E-state index contributed by atoms with van der Waals surface area (Å²) in [7, 11) is 0. The highest BCUT2D eigenvalue weighted by Gasteiger charge is 2.56. The quantitative estimate of drug-likeness (QED) is 0.497. The fraction of sp³-hybridized carbons (Fsp3) is 0.600. The molecule has 3 aliphatic carbocycles. The molecule has 2 saturated carbocycles. The second-order valence-electron chi connectivity index (χ2n) is 4.03. The summed E-state index contributed by atoms with van der Waals surface area (Å²) in [5, 5.41) is 0. The lowest BCUT2D eigenvalue weighted by Crippen LogP contribution is -2.19. The maximum atomic E-state index is 11.5. The van der Waals surface area contributed by atoms with Gasteiger partial charge in [-0.05, 0) is 12.3 Å².